The van der Waals surface area contributed by atoms with E-state index < -0.39 is 11.7 Å². The van der Waals surface area contributed by atoms with Crippen molar-refractivity contribution in [3.63, 3.8) is 0 Å². The first-order valence-corrected chi connectivity index (χ1v) is 8.78. The van der Waals surface area contributed by atoms with E-state index in [-0.39, 0.29) is 18.2 Å². The second kappa shape index (κ2) is 9.80. The summed E-state index contributed by atoms with van der Waals surface area (Å²) in [5, 5.41) is 6.38. The summed E-state index contributed by atoms with van der Waals surface area (Å²) >= 11 is 0. The molecule has 7 heteroatoms. The van der Waals surface area contributed by atoms with E-state index in [2.05, 4.69) is 15.8 Å². The van der Waals surface area contributed by atoms with Gasteiger partial charge in [0.05, 0.1) is 11.9 Å². The number of hydrogen-bond donors (Lipinski definition) is 2. The zero-order chi connectivity index (χ0) is 20.5. The van der Waals surface area contributed by atoms with E-state index in [0.29, 0.717) is 16.9 Å². The van der Waals surface area contributed by atoms with E-state index in [0.717, 1.165) is 0 Å². The van der Waals surface area contributed by atoms with Crippen LogP contribution in [0, 0.1) is 5.82 Å². The number of rotatable bonds is 7. The molecule has 0 atom stereocenters. The largest absolute Gasteiger partial charge is 0.483 e. The monoisotopic (exact) mass is 391 g/mol. The zero-order valence-electron chi connectivity index (χ0n) is 15.3. The van der Waals surface area contributed by atoms with Crippen LogP contribution in [0.4, 0.5) is 10.1 Å². The van der Waals surface area contributed by atoms with Crippen LogP contribution in [-0.4, -0.2) is 24.6 Å². The molecule has 0 radical (unpaired) electrons. The summed E-state index contributed by atoms with van der Waals surface area (Å²) in [7, 11) is 0. The number of hydrogen-bond acceptors (Lipinski definition) is 4. The predicted molar refractivity (Wildman–Crippen MR) is 108 cm³/mol. The Kier molecular flexibility index (Phi) is 6.67. The lowest BCUT2D eigenvalue weighted by atomic mass is 10.2. The number of anilines is 1. The van der Waals surface area contributed by atoms with Crippen molar-refractivity contribution in [2.75, 3.05) is 11.9 Å². The van der Waals surface area contributed by atoms with Crippen LogP contribution in [0.3, 0.4) is 0 Å². The summed E-state index contributed by atoms with van der Waals surface area (Å²) < 4.78 is 19.1. The smallest absolute Gasteiger partial charge is 0.271 e. The van der Waals surface area contributed by atoms with Gasteiger partial charge < -0.3 is 10.1 Å². The fourth-order valence-corrected chi connectivity index (χ4v) is 2.43. The number of nitrogens with one attached hydrogen (secondary N) is 2. The molecule has 0 aliphatic carbocycles. The van der Waals surface area contributed by atoms with Crippen molar-refractivity contribution in [1.29, 1.82) is 0 Å². The highest BCUT2D eigenvalue weighted by Crippen LogP contribution is 2.16. The van der Waals surface area contributed by atoms with Gasteiger partial charge in [-0.2, -0.15) is 5.10 Å². The van der Waals surface area contributed by atoms with Crippen molar-refractivity contribution in [2.24, 2.45) is 5.10 Å². The summed E-state index contributed by atoms with van der Waals surface area (Å²) in [6.45, 7) is -0.310. The number of amides is 2. The van der Waals surface area contributed by atoms with E-state index in [1.54, 1.807) is 54.6 Å². The SMILES string of the molecule is O=C(COc1ccccc1/C=N/NC(=O)c1ccccc1)Nc1ccccc1F. The van der Waals surface area contributed by atoms with Crippen molar-refractivity contribution in [3.05, 3.63) is 95.8 Å². The molecule has 0 aliphatic heterocycles. The molecule has 2 amide bonds. The molecule has 0 fully saturated rings. The Labute approximate surface area is 167 Å². The lowest BCUT2D eigenvalue weighted by Crippen LogP contribution is -2.21. The average molecular weight is 391 g/mol. The van der Waals surface area contributed by atoms with Crippen molar-refractivity contribution < 1.29 is 18.7 Å². The molecule has 3 rings (SSSR count). The van der Waals surface area contributed by atoms with Gasteiger partial charge in [-0.05, 0) is 36.4 Å². The molecular weight excluding hydrogens is 373 g/mol. The van der Waals surface area contributed by atoms with Crippen molar-refractivity contribution in [2.45, 2.75) is 0 Å². The molecule has 0 saturated carbocycles. The number of nitrogens with zero attached hydrogens (tertiary/aromatic N) is 1. The first kappa shape index (κ1) is 19.8. The highest BCUT2D eigenvalue weighted by atomic mass is 19.1. The van der Waals surface area contributed by atoms with Crippen LogP contribution in [0.25, 0.3) is 0 Å². The van der Waals surface area contributed by atoms with Crippen LogP contribution in [-0.2, 0) is 4.79 Å². The first-order chi connectivity index (χ1) is 14.1. The summed E-state index contributed by atoms with van der Waals surface area (Å²) in [6, 6.07) is 21.5. The standard InChI is InChI=1S/C22H18FN3O3/c23-18-11-5-6-12-19(18)25-21(27)15-29-20-13-7-4-10-17(20)14-24-26-22(28)16-8-2-1-3-9-16/h1-14H,15H2,(H,25,27)(H,26,28)/b24-14+. The van der Waals surface area contributed by atoms with Gasteiger partial charge in [0.15, 0.2) is 6.61 Å². The zero-order valence-corrected chi connectivity index (χ0v) is 15.3. The van der Waals surface area contributed by atoms with E-state index in [4.69, 9.17) is 4.74 Å². The van der Waals surface area contributed by atoms with E-state index in [1.165, 1.54) is 24.4 Å². The van der Waals surface area contributed by atoms with Gasteiger partial charge in [0.1, 0.15) is 11.6 Å². The number of hydrazone groups is 1. The maximum atomic E-state index is 13.6. The number of ether oxygens (including phenoxy) is 1. The third kappa shape index (κ3) is 5.74. The molecule has 2 N–H and O–H groups in total. The van der Waals surface area contributed by atoms with E-state index >= 15 is 0 Å². The molecule has 0 bridgehead atoms. The lowest BCUT2D eigenvalue weighted by molar-refractivity contribution is -0.118. The Hall–Kier alpha value is -4.00. The summed E-state index contributed by atoms with van der Waals surface area (Å²) in [4.78, 5) is 24.0. The predicted octanol–water partition coefficient (Wildman–Crippen LogP) is 3.61. The van der Waals surface area contributed by atoms with Gasteiger partial charge >= 0.3 is 0 Å². The Morgan fingerprint density at radius 1 is 0.931 bits per heavy atom. The molecule has 29 heavy (non-hydrogen) atoms. The minimum absolute atomic E-state index is 0.0829. The minimum Gasteiger partial charge on any atom is -0.483 e. The van der Waals surface area contributed by atoms with Gasteiger partial charge in [0, 0.05) is 11.1 Å². The number of halogens is 1. The maximum Gasteiger partial charge on any atom is 0.271 e. The van der Waals surface area contributed by atoms with Crippen molar-refractivity contribution in [1.82, 2.24) is 5.43 Å². The van der Waals surface area contributed by atoms with Gasteiger partial charge in [0.2, 0.25) is 0 Å². The molecule has 0 unspecified atom stereocenters. The van der Waals surface area contributed by atoms with Gasteiger partial charge in [-0.15, -0.1) is 0 Å². The first-order valence-electron chi connectivity index (χ1n) is 8.78. The molecule has 6 nitrogen and oxygen atoms in total. The Bertz CT molecular complexity index is 1020. The Morgan fingerprint density at radius 2 is 1.62 bits per heavy atom. The van der Waals surface area contributed by atoms with Crippen molar-refractivity contribution >= 4 is 23.7 Å². The molecule has 0 aliphatic rings. The van der Waals surface area contributed by atoms with Gasteiger partial charge in [-0.3, -0.25) is 9.59 Å². The number of benzene rings is 3. The van der Waals surface area contributed by atoms with Gasteiger partial charge in [-0.25, -0.2) is 9.82 Å². The fraction of sp³-hybridized carbons (Fsp3) is 0.0455. The fourth-order valence-electron chi connectivity index (χ4n) is 2.43. The number of carbonyl (C=O) groups excluding carboxylic acids is 2. The van der Waals surface area contributed by atoms with Crippen LogP contribution >= 0.6 is 0 Å². The summed E-state index contributed by atoms with van der Waals surface area (Å²) in [5.41, 5.74) is 3.57. The topological polar surface area (TPSA) is 79.8 Å². The van der Waals surface area contributed by atoms with E-state index in [9.17, 15) is 14.0 Å². The Balaban J connectivity index is 1.58. The van der Waals surface area contributed by atoms with Crippen LogP contribution in [0.15, 0.2) is 84.0 Å². The highest BCUT2D eigenvalue weighted by molar-refractivity contribution is 5.95. The molecule has 146 valence electrons. The third-order valence-corrected chi connectivity index (χ3v) is 3.83. The summed E-state index contributed by atoms with van der Waals surface area (Å²) in [5.74, 6) is -0.972. The molecule has 0 heterocycles. The summed E-state index contributed by atoms with van der Waals surface area (Å²) in [6.07, 6.45) is 1.42. The second-order valence-corrected chi connectivity index (χ2v) is 5.92. The highest BCUT2D eigenvalue weighted by Gasteiger charge is 2.09. The molecular formula is C22H18FN3O3. The molecule has 3 aromatic carbocycles. The molecule has 0 saturated heterocycles. The third-order valence-electron chi connectivity index (χ3n) is 3.83. The van der Waals surface area contributed by atoms with E-state index in [1.807, 2.05) is 6.07 Å². The quantitative estimate of drug-likeness (QED) is 0.477. The molecule has 3 aromatic rings. The van der Waals surface area contributed by atoms with Crippen LogP contribution in [0.2, 0.25) is 0 Å². The number of carbonyl (C=O) groups is 2. The van der Waals surface area contributed by atoms with Gasteiger partial charge in [-0.1, -0.05) is 42.5 Å². The van der Waals surface area contributed by atoms with Gasteiger partial charge in [0.25, 0.3) is 11.8 Å². The molecule has 0 aromatic heterocycles. The van der Waals surface area contributed by atoms with Crippen LogP contribution < -0.4 is 15.5 Å². The van der Waals surface area contributed by atoms with Crippen LogP contribution in [0.1, 0.15) is 15.9 Å². The van der Waals surface area contributed by atoms with Crippen molar-refractivity contribution in [3.8, 4) is 5.75 Å². The second-order valence-electron chi connectivity index (χ2n) is 5.92. The minimum atomic E-state index is -0.525. The molecule has 0 spiro atoms. The maximum absolute atomic E-state index is 13.6. The average Bonchev–Trinajstić information content (AvgIpc) is 2.75. The Morgan fingerprint density at radius 3 is 2.41 bits per heavy atom. The lowest BCUT2D eigenvalue weighted by Gasteiger charge is -2.10. The number of para-hydroxylation sites is 2. The van der Waals surface area contributed by atoms with Crippen LogP contribution in [0.5, 0.6) is 5.75 Å². The normalized spacial score (nSPS) is 10.5.